The van der Waals surface area contributed by atoms with Crippen LogP contribution in [0.4, 0.5) is 4.39 Å². The summed E-state index contributed by atoms with van der Waals surface area (Å²) in [6.45, 7) is 2.87. The van der Waals surface area contributed by atoms with E-state index in [1.165, 1.54) is 0 Å². The standard InChI is InChI=1S/C21H26FN5O2/c22-21(7-13-26(14-8-21)16-17-4-10-24-25-15-17)20(28)27-11-5-18(6-12-27)29-19-3-1-2-9-23-19/h1-4,9-10,15,18H,5-8,11-14,16H2. The summed E-state index contributed by atoms with van der Waals surface area (Å²) in [5, 5.41) is 7.65. The minimum Gasteiger partial charge on any atom is -0.474 e. The Morgan fingerprint density at radius 1 is 1.10 bits per heavy atom. The number of alkyl halides is 1. The normalized spacial score (nSPS) is 20.4. The zero-order chi connectivity index (χ0) is 20.1. The lowest BCUT2D eigenvalue weighted by molar-refractivity contribution is -0.149. The van der Waals surface area contributed by atoms with Gasteiger partial charge in [0.1, 0.15) is 6.10 Å². The van der Waals surface area contributed by atoms with Crippen LogP contribution in [0.15, 0.2) is 42.9 Å². The summed E-state index contributed by atoms with van der Waals surface area (Å²) in [5.41, 5.74) is -0.713. The molecule has 4 rings (SSSR count). The number of hydrogen-bond donors (Lipinski definition) is 0. The largest absolute Gasteiger partial charge is 0.474 e. The van der Waals surface area contributed by atoms with E-state index in [1.807, 2.05) is 24.3 Å². The average Bonchev–Trinajstić information content (AvgIpc) is 2.77. The number of rotatable bonds is 5. The molecule has 2 fully saturated rings. The third-order valence-corrected chi connectivity index (χ3v) is 5.74. The molecular weight excluding hydrogens is 373 g/mol. The van der Waals surface area contributed by atoms with Crippen LogP contribution in [-0.4, -0.2) is 68.8 Å². The number of carbonyl (C=O) groups excluding carboxylic acids is 1. The van der Waals surface area contributed by atoms with Crippen molar-refractivity contribution < 1.29 is 13.9 Å². The lowest BCUT2D eigenvalue weighted by atomic mass is 9.90. The van der Waals surface area contributed by atoms with E-state index >= 15 is 4.39 Å². The number of aromatic nitrogens is 3. The topological polar surface area (TPSA) is 71.5 Å². The number of halogens is 1. The van der Waals surface area contributed by atoms with E-state index < -0.39 is 5.67 Å². The highest BCUT2D eigenvalue weighted by molar-refractivity contribution is 5.85. The molecule has 8 heteroatoms. The van der Waals surface area contributed by atoms with Crippen molar-refractivity contribution in [3.63, 3.8) is 0 Å². The Bertz CT molecular complexity index is 791. The third-order valence-electron chi connectivity index (χ3n) is 5.74. The van der Waals surface area contributed by atoms with Crippen molar-refractivity contribution in [2.45, 2.75) is 44.0 Å². The molecule has 2 saturated heterocycles. The molecule has 0 bridgehead atoms. The number of ether oxygens (including phenoxy) is 1. The first-order chi connectivity index (χ1) is 14.1. The molecule has 7 nitrogen and oxygen atoms in total. The van der Waals surface area contributed by atoms with Gasteiger partial charge in [0.2, 0.25) is 5.88 Å². The van der Waals surface area contributed by atoms with Gasteiger partial charge < -0.3 is 9.64 Å². The Labute approximate surface area is 169 Å². The fourth-order valence-electron chi connectivity index (χ4n) is 4.00. The summed E-state index contributed by atoms with van der Waals surface area (Å²) in [6, 6.07) is 7.45. The molecule has 29 heavy (non-hydrogen) atoms. The molecule has 0 saturated carbocycles. The molecule has 0 N–H and O–H groups in total. The summed E-state index contributed by atoms with van der Waals surface area (Å²) in [7, 11) is 0. The van der Waals surface area contributed by atoms with E-state index in [9.17, 15) is 4.79 Å². The fourth-order valence-corrected chi connectivity index (χ4v) is 4.00. The second-order valence-corrected chi connectivity index (χ2v) is 7.77. The molecule has 0 aromatic carbocycles. The van der Waals surface area contributed by atoms with Crippen molar-refractivity contribution >= 4 is 5.91 Å². The molecule has 0 unspecified atom stereocenters. The zero-order valence-electron chi connectivity index (χ0n) is 16.4. The minimum atomic E-state index is -1.76. The molecule has 2 aliphatic rings. The Morgan fingerprint density at radius 2 is 1.90 bits per heavy atom. The maximum atomic E-state index is 15.4. The van der Waals surface area contributed by atoms with Crippen LogP contribution >= 0.6 is 0 Å². The van der Waals surface area contributed by atoms with Crippen molar-refractivity contribution in [2.75, 3.05) is 26.2 Å². The first-order valence-electron chi connectivity index (χ1n) is 10.2. The third kappa shape index (κ3) is 4.87. The van der Waals surface area contributed by atoms with Crippen molar-refractivity contribution in [3.05, 3.63) is 48.4 Å². The molecule has 0 radical (unpaired) electrons. The van der Waals surface area contributed by atoms with E-state index in [1.54, 1.807) is 23.5 Å². The van der Waals surface area contributed by atoms with Crippen LogP contribution in [0, 0.1) is 0 Å². The summed E-state index contributed by atoms with van der Waals surface area (Å²) in [4.78, 5) is 20.9. The van der Waals surface area contributed by atoms with Gasteiger partial charge in [-0.05, 0) is 17.7 Å². The Hall–Kier alpha value is -2.61. The van der Waals surface area contributed by atoms with Crippen molar-refractivity contribution in [2.24, 2.45) is 0 Å². The summed E-state index contributed by atoms with van der Waals surface area (Å²) in [5.74, 6) is 0.232. The summed E-state index contributed by atoms with van der Waals surface area (Å²) in [6.07, 6.45) is 6.93. The quantitative estimate of drug-likeness (QED) is 0.768. The Balaban J connectivity index is 1.25. The number of piperidine rings is 2. The smallest absolute Gasteiger partial charge is 0.260 e. The predicted octanol–water partition coefficient (Wildman–Crippen LogP) is 2.25. The predicted molar refractivity (Wildman–Crippen MR) is 105 cm³/mol. The van der Waals surface area contributed by atoms with Gasteiger partial charge in [-0.1, -0.05) is 6.07 Å². The van der Waals surface area contributed by atoms with Gasteiger partial charge in [0.25, 0.3) is 5.91 Å². The molecule has 0 aliphatic carbocycles. The van der Waals surface area contributed by atoms with Crippen LogP contribution in [-0.2, 0) is 11.3 Å². The Kier molecular flexibility index (Phi) is 5.99. The molecule has 154 valence electrons. The summed E-state index contributed by atoms with van der Waals surface area (Å²) >= 11 is 0. The highest BCUT2D eigenvalue weighted by Gasteiger charge is 2.44. The second-order valence-electron chi connectivity index (χ2n) is 7.77. The van der Waals surface area contributed by atoms with Gasteiger partial charge in [0.15, 0.2) is 5.67 Å². The minimum absolute atomic E-state index is 0.0142. The van der Waals surface area contributed by atoms with Crippen LogP contribution in [0.2, 0.25) is 0 Å². The van der Waals surface area contributed by atoms with Gasteiger partial charge in [-0.3, -0.25) is 9.69 Å². The first-order valence-corrected chi connectivity index (χ1v) is 10.2. The number of pyridine rings is 1. The first kappa shape index (κ1) is 19.7. The SMILES string of the molecule is O=C(N1CCC(Oc2ccccn2)CC1)C1(F)CCN(Cc2ccnnc2)CC1. The summed E-state index contributed by atoms with van der Waals surface area (Å²) < 4.78 is 21.3. The molecule has 0 atom stereocenters. The van der Waals surface area contributed by atoms with Crippen LogP contribution in [0.3, 0.4) is 0 Å². The maximum absolute atomic E-state index is 15.4. The van der Waals surface area contributed by atoms with Crippen LogP contribution in [0.1, 0.15) is 31.2 Å². The Morgan fingerprint density at radius 3 is 2.55 bits per heavy atom. The molecule has 2 aromatic heterocycles. The molecular formula is C21H26FN5O2. The number of likely N-dealkylation sites (tertiary alicyclic amines) is 2. The lowest BCUT2D eigenvalue weighted by Gasteiger charge is -2.40. The number of carbonyl (C=O) groups is 1. The fraction of sp³-hybridized carbons (Fsp3) is 0.524. The number of amides is 1. The van der Waals surface area contributed by atoms with Gasteiger partial charge in [-0.15, -0.1) is 0 Å². The van der Waals surface area contributed by atoms with Crippen LogP contribution in [0.25, 0.3) is 0 Å². The molecule has 2 aromatic rings. The zero-order valence-corrected chi connectivity index (χ0v) is 16.4. The van der Waals surface area contributed by atoms with Gasteiger partial charge in [-0.25, -0.2) is 9.37 Å². The van der Waals surface area contributed by atoms with Gasteiger partial charge in [-0.2, -0.15) is 10.2 Å². The number of nitrogens with zero attached hydrogens (tertiary/aromatic N) is 5. The van der Waals surface area contributed by atoms with Gasteiger partial charge >= 0.3 is 0 Å². The molecule has 0 spiro atoms. The highest BCUT2D eigenvalue weighted by atomic mass is 19.1. The van der Waals surface area contributed by atoms with E-state index in [-0.39, 0.29) is 24.9 Å². The second kappa shape index (κ2) is 8.82. The van der Waals surface area contributed by atoms with Gasteiger partial charge in [0.05, 0.1) is 6.20 Å². The lowest BCUT2D eigenvalue weighted by Crippen LogP contribution is -2.54. The van der Waals surface area contributed by atoms with E-state index in [0.717, 1.165) is 5.56 Å². The van der Waals surface area contributed by atoms with Crippen LogP contribution in [0.5, 0.6) is 5.88 Å². The molecule has 4 heterocycles. The molecule has 1 amide bonds. The maximum Gasteiger partial charge on any atom is 0.260 e. The van der Waals surface area contributed by atoms with Crippen LogP contribution < -0.4 is 4.74 Å². The van der Waals surface area contributed by atoms with Crippen molar-refractivity contribution in [1.82, 2.24) is 25.0 Å². The highest BCUT2D eigenvalue weighted by Crippen LogP contribution is 2.31. The monoisotopic (exact) mass is 399 g/mol. The van der Waals surface area contributed by atoms with Crippen molar-refractivity contribution in [3.8, 4) is 5.88 Å². The molecule has 2 aliphatic heterocycles. The van der Waals surface area contributed by atoms with E-state index in [0.29, 0.717) is 51.4 Å². The number of hydrogen-bond acceptors (Lipinski definition) is 6. The van der Waals surface area contributed by atoms with Gasteiger partial charge in [0, 0.05) is 76.9 Å². The van der Waals surface area contributed by atoms with E-state index in [2.05, 4.69) is 20.1 Å². The van der Waals surface area contributed by atoms with Crippen molar-refractivity contribution in [1.29, 1.82) is 0 Å². The van der Waals surface area contributed by atoms with E-state index in [4.69, 9.17) is 4.74 Å². The average molecular weight is 399 g/mol.